The molecule has 0 aliphatic rings. The van der Waals surface area contributed by atoms with Crippen molar-refractivity contribution in [1.29, 1.82) is 0 Å². The predicted octanol–water partition coefficient (Wildman–Crippen LogP) is 2.76. The number of hydrogen-bond donors (Lipinski definition) is 2. The number of aryl methyl sites for hydroxylation is 1. The highest BCUT2D eigenvalue weighted by molar-refractivity contribution is 6.00. The van der Waals surface area contributed by atoms with Crippen molar-refractivity contribution in [1.82, 2.24) is 20.2 Å². The second kappa shape index (κ2) is 7.54. The number of methoxy groups -OCH3 is 1. The molecule has 128 valence electrons. The summed E-state index contributed by atoms with van der Waals surface area (Å²) in [5.41, 5.74) is 4.11. The van der Waals surface area contributed by atoms with Gasteiger partial charge in [-0.2, -0.15) is 0 Å². The Balaban J connectivity index is 1.69. The van der Waals surface area contributed by atoms with Crippen molar-refractivity contribution in [2.45, 2.75) is 13.5 Å². The minimum Gasteiger partial charge on any atom is -0.380 e. The molecule has 0 saturated heterocycles. The first-order valence-electron chi connectivity index (χ1n) is 7.65. The molecule has 0 radical (unpaired) electrons. The third-order valence-corrected chi connectivity index (χ3v) is 3.61. The molecule has 0 saturated carbocycles. The smallest absolute Gasteiger partial charge is 0.323 e. The summed E-state index contributed by atoms with van der Waals surface area (Å²) in [6.45, 7) is 2.45. The number of ether oxygens (including phenoxy) is 1. The summed E-state index contributed by atoms with van der Waals surface area (Å²) in [6.07, 6.45) is 1.50. The topological polar surface area (TPSA) is 94.0 Å². The Morgan fingerprint density at radius 1 is 1.16 bits per heavy atom. The molecule has 3 rings (SSSR count). The standard InChI is InChI=1S/C17H18N6O2/c1-12-3-8-15(23-11-18-21-22-23)9-16(12)20-17(24)19-14-6-4-13(5-7-14)10-25-2/h3-9,11H,10H2,1-2H3,(H2,19,20,24). The largest absolute Gasteiger partial charge is 0.380 e. The number of aromatic nitrogens is 4. The van der Waals surface area contributed by atoms with E-state index in [1.165, 1.54) is 11.0 Å². The fourth-order valence-electron chi connectivity index (χ4n) is 2.30. The van der Waals surface area contributed by atoms with Gasteiger partial charge < -0.3 is 15.4 Å². The molecule has 2 N–H and O–H groups in total. The zero-order chi connectivity index (χ0) is 17.6. The number of carbonyl (C=O) groups is 1. The molecule has 2 aromatic carbocycles. The number of benzene rings is 2. The van der Waals surface area contributed by atoms with Gasteiger partial charge in [0.05, 0.1) is 12.3 Å². The molecule has 0 bridgehead atoms. The van der Waals surface area contributed by atoms with Crippen LogP contribution in [0.15, 0.2) is 48.8 Å². The molecular formula is C17H18N6O2. The van der Waals surface area contributed by atoms with E-state index in [-0.39, 0.29) is 6.03 Å². The van der Waals surface area contributed by atoms with Crippen LogP contribution in [0.1, 0.15) is 11.1 Å². The van der Waals surface area contributed by atoms with Gasteiger partial charge in [-0.3, -0.25) is 0 Å². The molecule has 0 unspecified atom stereocenters. The molecule has 25 heavy (non-hydrogen) atoms. The zero-order valence-corrected chi connectivity index (χ0v) is 13.9. The predicted molar refractivity (Wildman–Crippen MR) is 93.7 cm³/mol. The van der Waals surface area contributed by atoms with Crippen molar-refractivity contribution in [3.8, 4) is 5.69 Å². The average Bonchev–Trinajstić information content (AvgIpc) is 3.13. The Morgan fingerprint density at radius 3 is 2.64 bits per heavy atom. The maximum atomic E-state index is 12.2. The van der Waals surface area contributed by atoms with E-state index in [0.717, 1.165) is 16.8 Å². The van der Waals surface area contributed by atoms with E-state index < -0.39 is 0 Å². The van der Waals surface area contributed by atoms with Gasteiger partial charge in [0.15, 0.2) is 0 Å². The summed E-state index contributed by atoms with van der Waals surface area (Å²) in [7, 11) is 1.64. The van der Waals surface area contributed by atoms with E-state index in [4.69, 9.17) is 4.74 Å². The van der Waals surface area contributed by atoms with Crippen molar-refractivity contribution in [2.24, 2.45) is 0 Å². The molecule has 2 amide bonds. The summed E-state index contributed by atoms with van der Waals surface area (Å²) in [6, 6.07) is 12.7. The second-order valence-electron chi connectivity index (χ2n) is 5.46. The van der Waals surface area contributed by atoms with Crippen molar-refractivity contribution in [3.05, 3.63) is 59.9 Å². The summed E-state index contributed by atoms with van der Waals surface area (Å²) in [5, 5.41) is 16.7. The minimum atomic E-state index is -0.323. The number of amides is 2. The second-order valence-corrected chi connectivity index (χ2v) is 5.46. The lowest BCUT2D eigenvalue weighted by Crippen LogP contribution is -2.20. The van der Waals surface area contributed by atoms with Gasteiger partial charge in [0.25, 0.3) is 0 Å². The Morgan fingerprint density at radius 2 is 1.96 bits per heavy atom. The third-order valence-electron chi connectivity index (χ3n) is 3.61. The van der Waals surface area contributed by atoms with Gasteiger partial charge in [-0.05, 0) is 52.7 Å². The summed E-state index contributed by atoms with van der Waals surface area (Å²) >= 11 is 0. The van der Waals surface area contributed by atoms with Crippen LogP contribution in [0, 0.1) is 6.92 Å². The number of urea groups is 1. The number of rotatable bonds is 5. The van der Waals surface area contributed by atoms with Crippen LogP contribution in [0.5, 0.6) is 0 Å². The van der Waals surface area contributed by atoms with Crippen LogP contribution in [0.4, 0.5) is 16.2 Å². The highest BCUT2D eigenvalue weighted by atomic mass is 16.5. The van der Waals surface area contributed by atoms with E-state index in [1.54, 1.807) is 7.11 Å². The monoisotopic (exact) mass is 338 g/mol. The van der Waals surface area contributed by atoms with Crippen LogP contribution in [-0.4, -0.2) is 33.3 Å². The molecular weight excluding hydrogens is 320 g/mol. The lowest BCUT2D eigenvalue weighted by Gasteiger charge is -2.12. The van der Waals surface area contributed by atoms with Crippen molar-refractivity contribution >= 4 is 17.4 Å². The van der Waals surface area contributed by atoms with Crippen LogP contribution in [0.25, 0.3) is 5.69 Å². The molecule has 0 aliphatic carbocycles. The number of carbonyl (C=O) groups excluding carboxylic acids is 1. The van der Waals surface area contributed by atoms with Gasteiger partial charge in [-0.15, -0.1) is 5.10 Å². The van der Waals surface area contributed by atoms with Crippen molar-refractivity contribution in [2.75, 3.05) is 17.7 Å². The van der Waals surface area contributed by atoms with Gasteiger partial charge >= 0.3 is 6.03 Å². The average molecular weight is 338 g/mol. The molecule has 8 heteroatoms. The molecule has 8 nitrogen and oxygen atoms in total. The number of hydrogen-bond acceptors (Lipinski definition) is 5. The Bertz CT molecular complexity index is 846. The van der Waals surface area contributed by atoms with Crippen LogP contribution in [0.3, 0.4) is 0 Å². The van der Waals surface area contributed by atoms with Crippen molar-refractivity contribution < 1.29 is 9.53 Å². The minimum absolute atomic E-state index is 0.323. The van der Waals surface area contributed by atoms with Crippen molar-refractivity contribution in [3.63, 3.8) is 0 Å². The highest BCUT2D eigenvalue weighted by Crippen LogP contribution is 2.19. The van der Waals surface area contributed by atoms with Gasteiger partial charge in [0, 0.05) is 18.5 Å². The summed E-state index contributed by atoms with van der Waals surface area (Å²) < 4.78 is 6.59. The highest BCUT2D eigenvalue weighted by Gasteiger charge is 2.08. The number of anilines is 2. The lowest BCUT2D eigenvalue weighted by atomic mass is 10.2. The van der Waals surface area contributed by atoms with Crippen LogP contribution in [-0.2, 0) is 11.3 Å². The van der Waals surface area contributed by atoms with Crippen LogP contribution < -0.4 is 10.6 Å². The fourth-order valence-corrected chi connectivity index (χ4v) is 2.30. The Kier molecular flexibility index (Phi) is 5.00. The van der Waals surface area contributed by atoms with Crippen LogP contribution >= 0.6 is 0 Å². The third kappa shape index (κ3) is 4.18. The van der Waals surface area contributed by atoms with Crippen LogP contribution in [0.2, 0.25) is 0 Å². The molecule has 1 heterocycles. The van der Waals surface area contributed by atoms with Gasteiger partial charge in [-0.25, -0.2) is 9.48 Å². The lowest BCUT2D eigenvalue weighted by molar-refractivity contribution is 0.185. The molecule has 0 aliphatic heterocycles. The summed E-state index contributed by atoms with van der Waals surface area (Å²) in [5.74, 6) is 0. The number of tetrazole rings is 1. The quantitative estimate of drug-likeness (QED) is 0.746. The summed E-state index contributed by atoms with van der Waals surface area (Å²) in [4.78, 5) is 12.2. The normalized spacial score (nSPS) is 10.5. The number of nitrogens with zero attached hydrogens (tertiary/aromatic N) is 4. The Labute approximate surface area is 144 Å². The van der Waals surface area contributed by atoms with E-state index >= 15 is 0 Å². The van der Waals surface area contributed by atoms with E-state index in [1.807, 2.05) is 49.4 Å². The van der Waals surface area contributed by atoms with Gasteiger partial charge in [0.1, 0.15) is 6.33 Å². The molecule has 3 aromatic rings. The van der Waals surface area contributed by atoms with E-state index in [2.05, 4.69) is 26.2 Å². The zero-order valence-electron chi connectivity index (χ0n) is 13.9. The molecule has 1 aromatic heterocycles. The number of nitrogens with one attached hydrogen (secondary N) is 2. The molecule has 0 atom stereocenters. The maximum Gasteiger partial charge on any atom is 0.323 e. The van der Waals surface area contributed by atoms with Gasteiger partial charge in [-0.1, -0.05) is 18.2 Å². The Hall–Kier alpha value is -3.26. The van der Waals surface area contributed by atoms with E-state index in [9.17, 15) is 4.79 Å². The molecule has 0 spiro atoms. The fraction of sp³-hybridized carbons (Fsp3) is 0.176. The first kappa shape index (κ1) is 16.6. The maximum absolute atomic E-state index is 12.2. The SMILES string of the molecule is COCc1ccc(NC(=O)Nc2cc(-n3cnnn3)ccc2C)cc1. The first-order chi connectivity index (χ1) is 12.2. The first-order valence-corrected chi connectivity index (χ1v) is 7.65. The molecule has 0 fully saturated rings. The van der Waals surface area contributed by atoms with Gasteiger partial charge in [0.2, 0.25) is 0 Å². The van der Waals surface area contributed by atoms with E-state index in [0.29, 0.717) is 18.0 Å².